The zero-order valence-electron chi connectivity index (χ0n) is 61.3. The van der Waals surface area contributed by atoms with E-state index >= 15 is 0 Å². The average molecular weight is 1380 g/mol. The second-order valence-electron chi connectivity index (χ2n) is 28.0. The minimum atomic E-state index is -4.96. The summed E-state index contributed by atoms with van der Waals surface area (Å²) in [4.78, 5) is 72.8. The number of aliphatic hydroxyl groups excluding tert-OH is 1. The first-order chi connectivity index (χ1) is 45.4. The zero-order valence-corrected chi connectivity index (χ0v) is 63.1. The highest BCUT2D eigenvalue weighted by atomic mass is 31.2. The Morgan fingerprint density at radius 2 is 0.489 bits per heavy atom. The van der Waals surface area contributed by atoms with Gasteiger partial charge >= 0.3 is 39.5 Å². The van der Waals surface area contributed by atoms with Crippen LogP contribution in [0.4, 0.5) is 0 Å². The molecule has 0 aliphatic carbocycles. The lowest BCUT2D eigenvalue weighted by Gasteiger charge is -2.21. The first-order valence-corrected chi connectivity index (χ1v) is 42.0. The second kappa shape index (κ2) is 66.9. The molecule has 0 bridgehead atoms. The van der Waals surface area contributed by atoms with Crippen molar-refractivity contribution in [1.82, 2.24) is 0 Å². The maximum absolute atomic E-state index is 13.1. The molecule has 3 N–H and O–H groups in total. The highest BCUT2D eigenvalue weighted by Gasteiger charge is 2.30. The number of unbranched alkanes of at least 4 members (excludes halogenated alkanes) is 44. The molecule has 558 valence electrons. The summed E-state index contributed by atoms with van der Waals surface area (Å²) in [6.45, 7) is 9.59. The Labute approximate surface area is 575 Å². The fraction of sp³-hybridized carbons (Fsp3) is 0.947. The smallest absolute Gasteiger partial charge is 0.462 e. The molecule has 0 aliphatic rings. The summed E-state index contributed by atoms with van der Waals surface area (Å²) in [5, 5.41) is 10.6. The lowest BCUT2D eigenvalue weighted by Crippen LogP contribution is -2.30. The average Bonchev–Trinajstić information content (AvgIpc) is 1.16. The van der Waals surface area contributed by atoms with Crippen molar-refractivity contribution in [2.75, 3.05) is 39.6 Å². The van der Waals surface area contributed by atoms with Crippen molar-refractivity contribution in [1.29, 1.82) is 0 Å². The van der Waals surface area contributed by atoms with Crippen LogP contribution >= 0.6 is 15.6 Å². The molecule has 0 saturated carbocycles. The van der Waals surface area contributed by atoms with E-state index in [2.05, 4.69) is 41.5 Å². The summed E-state index contributed by atoms with van der Waals surface area (Å²) >= 11 is 0. The van der Waals surface area contributed by atoms with E-state index in [-0.39, 0.29) is 25.7 Å². The normalized spacial score (nSPS) is 14.0. The van der Waals surface area contributed by atoms with E-state index in [1.165, 1.54) is 205 Å². The van der Waals surface area contributed by atoms with Crippen molar-refractivity contribution in [2.24, 2.45) is 11.8 Å². The van der Waals surface area contributed by atoms with Gasteiger partial charge in [0.15, 0.2) is 12.2 Å². The molecule has 0 rings (SSSR count). The van der Waals surface area contributed by atoms with Crippen LogP contribution in [0.15, 0.2) is 0 Å². The van der Waals surface area contributed by atoms with Crippen LogP contribution in [0.1, 0.15) is 388 Å². The van der Waals surface area contributed by atoms with Crippen LogP contribution in [-0.2, 0) is 65.4 Å². The van der Waals surface area contributed by atoms with Crippen LogP contribution in [-0.4, -0.2) is 96.7 Å². The van der Waals surface area contributed by atoms with Gasteiger partial charge < -0.3 is 33.8 Å². The Morgan fingerprint density at radius 1 is 0.287 bits per heavy atom. The van der Waals surface area contributed by atoms with Crippen LogP contribution in [0.25, 0.3) is 0 Å². The van der Waals surface area contributed by atoms with Crippen LogP contribution in [0.2, 0.25) is 0 Å². The number of esters is 4. The molecule has 5 atom stereocenters. The number of aliphatic hydroxyl groups is 1. The van der Waals surface area contributed by atoms with E-state index in [1.807, 2.05) is 0 Å². The molecule has 94 heavy (non-hydrogen) atoms. The molecule has 0 aromatic rings. The first kappa shape index (κ1) is 92.1. The van der Waals surface area contributed by atoms with Gasteiger partial charge in [-0.05, 0) is 37.5 Å². The van der Waals surface area contributed by atoms with Crippen LogP contribution < -0.4 is 0 Å². The van der Waals surface area contributed by atoms with Crippen molar-refractivity contribution >= 4 is 39.5 Å². The summed E-state index contributed by atoms with van der Waals surface area (Å²) in [5.41, 5.74) is 0. The highest BCUT2D eigenvalue weighted by Crippen LogP contribution is 2.45. The minimum absolute atomic E-state index is 0.106. The summed E-state index contributed by atoms with van der Waals surface area (Å²) in [7, 11) is -9.91. The fourth-order valence-corrected chi connectivity index (χ4v) is 13.1. The molecular formula is C75H146O17P2. The van der Waals surface area contributed by atoms with Gasteiger partial charge in [0.05, 0.1) is 26.4 Å². The predicted octanol–water partition coefficient (Wildman–Crippen LogP) is 21.9. The van der Waals surface area contributed by atoms with Crippen LogP contribution in [0, 0.1) is 11.8 Å². The maximum atomic E-state index is 13.1. The van der Waals surface area contributed by atoms with Gasteiger partial charge in [-0.25, -0.2) is 9.13 Å². The van der Waals surface area contributed by atoms with E-state index in [0.717, 1.165) is 102 Å². The van der Waals surface area contributed by atoms with Gasteiger partial charge in [0.2, 0.25) is 0 Å². The van der Waals surface area contributed by atoms with Gasteiger partial charge in [0.1, 0.15) is 19.3 Å². The molecule has 0 radical (unpaired) electrons. The van der Waals surface area contributed by atoms with Crippen molar-refractivity contribution < 1.29 is 80.2 Å². The number of rotatable bonds is 74. The number of hydrogen-bond acceptors (Lipinski definition) is 15. The second-order valence-corrected chi connectivity index (χ2v) is 30.9. The largest absolute Gasteiger partial charge is 0.472 e. The zero-order chi connectivity index (χ0) is 69.3. The van der Waals surface area contributed by atoms with Crippen molar-refractivity contribution in [3.63, 3.8) is 0 Å². The lowest BCUT2D eigenvalue weighted by molar-refractivity contribution is -0.161. The Bertz CT molecular complexity index is 1820. The van der Waals surface area contributed by atoms with Crippen molar-refractivity contribution in [2.45, 2.75) is 407 Å². The highest BCUT2D eigenvalue weighted by molar-refractivity contribution is 7.47. The molecule has 17 nitrogen and oxygen atoms in total. The topological polar surface area (TPSA) is 237 Å². The molecule has 0 aromatic heterocycles. The molecule has 0 spiro atoms. The van der Waals surface area contributed by atoms with Gasteiger partial charge in [-0.3, -0.25) is 37.3 Å². The Morgan fingerprint density at radius 3 is 0.723 bits per heavy atom. The van der Waals surface area contributed by atoms with Crippen molar-refractivity contribution in [3.05, 3.63) is 0 Å². The number of phosphoric ester groups is 2. The lowest BCUT2D eigenvalue weighted by atomic mass is 10.0. The van der Waals surface area contributed by atoms with Gasteiger partial charge in [0.25, 0.3) is 0 Å². The van der Waals surface area contributed by atoms with Gasteiger partial charge in [-0.2, -0.15) is 0 Å². The molecular weight excluding hydrogens is 1230 g/mol. The molecule has 19 heteroatoms. The first-order valence-electron chi connectivity index (χ1n) is 39.0. The standard InChI is InChI=1S/C75H146O17P2/c1-7-9-11-13-15-17-19-20-24-28-34-40-46-52-58-73(78)86-63-70(91-74(79)59-53-47-41-35-29-25-22-21-23-27-31-37-43-49-55-67(3)4)65-89-93(81,82)87-61-69(76)62-88-94(83,84)90-66-71(64-85-72(77)57-51-45-39-33-26-18-16-14-12-10-8-2)92-75(80)60-54-48-42-36-30-32-38-44-50-56-68(5)6/h67-71,76H,7-66H2,1-6H3,(H,81,82)(H,83,84)/t69-,70-,71-/m1/s1. The van der Waals surface area contributed by atoms with E-state index in [9.17, 15) is 43.2 Å². The number of hydrogen-bond donors (Lipinski definition) is 3. The summed E-state index contributed by atoms with van der Waals surface area (Å²) in [5.74, 6) is -0.584. The third-order valence-corrected chi connectivity index (χ3v) is 19.4. The molecule has 0 amide bonds. The third-order valence-electron chi connectivity index (χ3n) is 17.5. The molecule has 0 aromatic carbocycles. The van der Waals surface area contributed by atoms with Gasteiger partial charge in [0, 0.05) is 25.7 Å². The fourth-order valence-electron chi connectivity index (χ4n) is 11.5. The molecule has 0 aliphatic heterocycles. The van der Waals surface area contributed by atoms with E-state index < -0.39 is 97.5 Å². The minimum Gasteiger partial charge on any atom is -0.462 e. The van der Waals surface area contributed by atoms with Crippen LogP contribution in [0.3, 0.4) is 0 Å². The van der Waals surface area contributed by atoms with Crippen LogP contribution in [0.5, 0.6) is 0 Å². The number of ether oxygens (including phenoxy) is 4. The summed E-state index contributed by atoms with van der Waals surface area (Å²) < 4.78 is 68.5. The maximum Gasteiger partial charge on any atom is 0.472 e. The van der Waals surface area contributed by atoms with Gasteiger partial charge in [-0.1, -0.05) is 337 Å². The molecule has 0 saturated heterocycles. The summed E-state index contributed by atoms with van der Waals surface area (Å²) in [6.07, 6.45) is 54.0. The van der Waals surface area contributed by atoms with Crippen molar-refractivity contribution in [3.8, 4) is 0 Å². The summed E-state index contributed by atoms with van der Waals surface area (Å²) in [6, 6.07) is 0. The monoisotopic (exact) mass is 1380 g/mol. The molecule has 0 fully saturated rings. The number of phosphoric acid groups is 2. The predicted molar refractivity (Wildman–Crippen MR) is 381 cm³/mol. The van der Waals surface area contributed by atoms with Gasteiger partial charge in [-0.15, -0.1) is 0 Å². The third kappa shape index (κ3) is 68.6. The number of carbonyl (C=O) groups is 4. The quantitative estimate of drug-likeness (QED) is 0.0222. The van der Waals surface area contributed by atoms with E-state index in [4.69, 9.17) is 37.0 Å². The van der Waals surface area contributed by atoms with E-state index in [0.29, 0.717) is 25.7 Å². The van der Waals surface area contributed by atoms with E-state index in [1.54, 1.807) is 0 Å². The Hall–Kier alpha value is -1.94. The SMILES string of the molecule is CCCCCCCCCCCCCCCCC(=O)OC[C@H](COP(=O)(O)OC[C@@H](O)COP(=O)(O)OC[C@@H](COC(=O)CCCCCCCCCCCCC)OC(=O)CCCCCCCCCCCC(C)C)OC(=O)CCCCCCCCCCCCCCCCC(C)C. The molecule has 2 unspecified atom stereocenters. The number of carbonyl (C=O) groups excluding carboxylic acids is 4. The molecule has 0 heterocycles. The Balaban J connectivity index is 5.25. The Kier molecular flexibility index (Phi) is 65.5.